The zero-order valence-electron chi connectivity index (χ0n) is 10.6. The Kier molecular flexibility index (Phi) is 2.95. The van der Waals surface area contributed by atoms with Crippen molar-refractivity contribution >= 4 is 5.78 Å². The van der Waals surface area contributed by atoms with Crippen LogP contribution in [-0.2, 0) is 0 Å². The number of rotatable bonds is 2. The molecule has 0 bridgehead atoms. The minimum absolute atomic E-state index is 0.120. The van der Waals surface area contributed by atoms with Crippen molar-refractivity contribution in [1.82, 2.24) is 0 Å². The first-order valence-corrected chi connectivity index (χ1v) is 6.21. The predicted octanol–water partition coefficient (Wildman–Crippen LogP) is 3.40. The summed E-state index contributed by atoms with van der Waals surface area (Å²) in [6.07, 6.45) is 0.127. The normalized spacial score (nSPS) is 17.5. The number of methoxy groups -OCH3 is 1. The van der Waals surface area contributed by atoms with Gasteiger partial charge in [0.2, 0.25) is 0 Å². The van der Waals surface area contributed by atoms with Gasteiger partial charge in [-0.2, -0.15) is 0 Å². The quantitative estimate of drug-likeness (QED) is 0.824. The fourth-order valence-electron chi connectivity index (χ4n) is 2.30. The van der Waals surface area contributed by atoms with Crippen LogP contribution in [0.25, 0.3) is 0 Å². The Labute approximate surface area is 111 Å². The van der Waals surface area contributed by atoms with Crippen LogP contribution >= 0.6 is 0 Å². The Morgan fingerprint density at radius 3 is 2.84 bits per heavy atom. The summed E-state index contributed by atoms with van der Waals surface area (Å²) < 4.78 is 11.1. The van der Waals surface area contributed by atoms with E-state index in [0.29, 0.717) is 17.7 Å². The molecule has 1 aliphatic rings. The third-order valence-corrected chi connectivity index (χ3v) is 3.29. The van der Waals surface area contributed by atoms with Gasteiger partial charge >= 0.3 is 0 Å². The van der Waals surface area contributed by atoms with Crippen molar-refractivity contribution in [2.45, 2.75) is 12.5 Å². The zero-order valence-corrected chi connectivity index (χ0v) is 10.6. The highest BCUT2D eigenvalue weighted by Crippen LogP contribution is 2.35. The average molecular weight is 254 g/mol. The van der Waals surface area contributed by atoms with Crippen molar-refractivity contribution < 1.29 is 14.3 Å². The molecule has 1 unspecified atom stereocenters. The summed E-state index contributed by atoms with van der Waals surface area (Å²) in [5.41, 5.74) is 1.63. The Bertz CT molecular complexity index is 619. The molecule has 0 amide bonds. The second-order valence-electron chi connectivity index (χ2n) is 4.51. The molecule has 2 aromatic rings. The second-order valence-corrected chi connectivity index (χ2v) is 4.51. The highest BCUT2D eigenvalue weighted by atomic mass is 16.5. The van der Waals surface area contributed by atoms with Crippen molar-refractivity contribution in [2.24, 2.45) is 0 Å². The summed E-state index contributed by atoms with van der Waals surface area (Å²) in [7, 11) is 1.63. The molecule has 0 aliphatic carbocycles. The number of ether oxygens (including phenoxy) is 2. The third-order valence-electron chi connectivity index (χ3n) is 3.29. The van der Waals surface area contributed by atoms with Gasteiger partial charge in [-0.25, -0.2) is 0 Å². The number of benzene rings is 2. The number of hydrogen-bond acceptors (Lipinski definition) is 3. The lowest BCUT2D eigenvalue weighted by Gasteiger charge is -2.25. The van der Waals surface area contributed by atoms with Gasteiger partial charge in [0, 0.05) is 0 Å². The van der Waals surface area contributed by atoms with Crippen molar-refractivity contribution in [3.63, 3.8) is 0 Å². The molecule has 3 rings (SSSR count). The van der Waals surface area contributed by atoms with Crippen molar-refractivity contribution in [1.29, 1.82) is 0 Å². The van der Waals surface area contributed by atoms with Gasteiger partial charge in [-0.3, -0.25) is 4.79 Å². The molecule has 3 nitrogen and oxygen atoms in total. The number of carbonyl (C=O) groups is 1. The van der Waals surface area contributed by atoms with E-state index in [4.69, 9.17) is 9.47 Å². The van der Waals surface area contributed by atoms with Crippen LogP contribution in [0, 0.1) is 0 Å². The molecule has 0 radical (unpaired) electrons. The van der Waals surface area contributed by atoms with Crippen molar-refractivity contribution in [3.05, 3.63) is 59.7 Å². The number of para-hydroxylation sites is 1. The van der Waals surface area contributed by atoms with E-state index < -0.39 is 0 Å². The molecule has 1 aliphatic heterocycles. The number of Topliss-reactive ketones (excluding diaryl/α,β-unsaturated/α-hetero) is 1. The maximum Gasteiger partial charge on any atom is 0.170 e. The van der Waals surface area contributed by atoms with Gasteiger partial charge < -0.3 is 9.47 Å². The average Bonchev–Trinajstić information content (AvgIpc) is 2.47. The first-order chi connectivity index (χ1) is 9.28. The van der Waals surface area contributed by atoms with Crippen LogP contribution in [0.5, 0.6) is 11.5 Å². The Morgan fingerprint density at radius 1 is 1.16 bits per heavy atom. The monoisotopic (exact) mass is 254 g/mol. The van der Waals surface area contributed by atoms with E-state index in [0.717, 1.165) is 11.3 Å². The second kappa shape index (κ2) is 4.76. The molecule has 96 valence electrons. The number of hydrogen-bond donors (Lipinski definition) is 0. The van der Waals surface area contributed by atoms with Gasteiger partial charge in [0.05, 0.1) is 19.1 Å². The standard InChI is InChI=1S/C16H14O3/c1-18-12-6-4-5-11(9-12)16-10-14(17)13-7-2-3-8-15(13)19-16/h2-9,16H,10H2,1H3. The molecule has 0 spiro atoms. The van der Waals surface area contributed by atoms with E-state index in [9.17, 15) is 4.79 Å². The highest BCUT2D eigenvalue weighted by molar-refractivity contribution is 5.99. The molecule has 0 fully saturated rings. The minimum atomic E-state index is -0.238. The SMILES string of the molecule is COc1cccc(C2CC(=O)c3ccccc3O2)c1. The smallest absolute Gasteiger partial charge is 0.170 e. The van der Waals surface area contributed by atoms with Crippen LogP contribution in [0.1, 0.15) is 28.4 Å². The topological polar surface area (TPSA) is 35.5 Å². The fourth-order valence-corrected chi connectivity index (χ4v) is 2.30. The number of fused-ring (bicyclic) bond motifs is 1. The lowest BCUT2D eigenvalue weighted by atomic mass is 9.96. The molecule has 19 heavy (non-hydrogen) atoms. The van der Waals surface area contributed by atoms with Gasteiger partial charge in [0.1, 0.15) is 17.6 Å². The van der Waals surface area contributed by atoms with Gasteiger partial charge in [-0.05, 0) is 29.8 Å². The lowest BCUT2D eigenvalue weighted by Crippen LogP contribution is -2.20. The molecular formula is C16H14O3. The van der Waals surface area contributed by atoms with Gasteiger partial charge in [-0.15, -0.1) is 0 Å². The van der Waals surface area contributed by atoms with E-state index in [1.54, 1.807) is 13.2 Å². The summed E-state index contributed by atoms with van der Waals surface area (Å²) in [6.45, 7) is 0. The Balaban J connectivity index is 1.94. The molecule has 1 atom stereocenters. The Morgan fingerprint density at radius 2 is 2.00 bits per heavy atom. The minimum Gasteiger partial charge on any atom is -0.497 e. The first-order valence-electron chi connectivity index (χ1n) is 6.21. The Hall–Kier alpha value is -2.29. The van der Waals surface area contributed by atoms with Gasteiger partial charge in [0.25, 0.3) is 0 Å². The summed E-state index contributed by atoms with van der Waals surface area (Å²) in [6, 6.07) is 15.0. The summed E-state index contributed by atoms with van der Waals surface area (Å²) in [5.74, 6) is 1.55. The van der Waals surface area contributed by atoms with E-state index in [2.05, 4.69) is 0 Å². The molecule has 3 heteroatoms. The molecule has 1 heterocycles. The molecular weight excluding hydrogens is 240 g/mol. The molecule has 0 saturated carbocycles. The highest BCUT2D eigenvalue weighted by Gasteiger charge is 2.27. The van der Waals surface area contributed by atoms with Gasteiger partial charge in [-0.1, -0.05) is 24.3 Å². The molecule has 0 aromatic heterocycles. The van der Waals surface area contributed by atoms with Crippen LogP contribution in [0.2, 0.25) is 0 Å². The van der Waals surface area contributed by atoms with Crippen LogP contribution in [0.3, 0.4) is 0 Å². The summed E-state index contributed by atoms with van der Waals surface area (Å²) in [4.78, 5) is 12.1. The predicted molar refractivity (Wildman–Crippen MR) is 71.8 cm³/mol. The van der Waals surface area contributed by atoms with E-state index in [1.165, 1.54) is 0 Å². The zero-order chi connectivity index (χ0) is 13.2. The van der Waals surface area contributed by atoms with E-state index >= 15 is 0 Å². The number of carbonyl (C=O) groups excluding carboxylic acids is 1. The van der Waals surface area contributed by atoms with Crippen LogP contribution in [-0.4, -0.2) is 12.9 Å². The van der Waals surface area contributed by atoms with Gasteiger partial charge in [0.15, 0.2) is 5.78 Å². The van der Waals surface area contributed by atoms with Crippen molar-refractivity contribution in [3.8, 4) is 11.5 Å². The third kappa shape index (κ3) is 2.19. The summed E-state index contributed by atoms with van der Waals surface area (Å²) >= 11 is 0. The molecule has 0 N–H and O–H groups in total. The van der Waals surface area contributed by atoms with Crippen molar-refractivity contribution in [2.75, 3.05) is 7.11 Å². The van der Waals surface area contributed by atoms with Crippen LogP contribution < -0.4 is 9.47 Å². The van der Waals surface area contributed by atoms with E-state index in [1.807, 2.05) is 42.5 Å². The number of ketones is 1. The van der Waals surface area contributed by atoms with Crippen LogP contribution in [0.4, 0.5) is 0 Å². The first kappa shape index (κ1) is 11.8. The van der Waals surface area contributed by atoms with Crippen LogP contribution in [0.15, 0.2) is 48.5 Å². The van der Waals surface area contributed by atoms with E-state index in [-0.39, 0.29) is 11.9 Å². The molecule has 0 saturated heterocycles. The maximum atomic E-state index is 12.1. The maximum absolute atomic E-state index is 12.1. The molecule has 2 aromatic carbocycles. The fraction of sp³-hybridized carbons (Fsp3) is 0.188. The lowest BCUT2D eigenvalue weighted by molar-refractivity contribution is 0.0850. The summed E-state index contributed by atoms with van der Waals surface area (Å²) in [5, 5.41) is 0. The largest absolute Gasteiger partial charge is 0.497 e.